The molecule has 210 valence electrons. The van der Waals surface area contributed by atoms with Crippen LogP contribution in [0.2, 0.25) is 0 Å². The number of ether oxygens (including phenoxy) is 2. The van der Waals surface area contributed by atoms with Crippen LogP contribution in [-0.2, 0) is 14.3 Å². The van der Waals surface area contributed by atoms with Crippen LogP contribution >= 0.6 is 0 Å². The molecule has 0 aromatic heterocycles. The Labute approximate surface area is 245 Å². The lowest BCUT2D eigenvalue weighted by Crippen LogP contribution is -2.57. The molecule has 0 saturated heterocycles. The van der Waals surface area contributed by atoms with Gasteiger partial charge in [-0.05, 0) is 65.6 Å². The van der Waals surface area contributed by atoms with Crippen molar-refractivity contribution in [2.75, 3.05) is 14.2 Å². The maximum Gasteiger partial charge on any atom is 0.410 e. The number of hydrogen-bond acceptors (Lipinski definition) is 5. The van der Waals surface area contributed by atoms with Gasteiger partial charge in [0.2, 0.25) is 0 Å². The molecular formula is C35H30N2O5. The first-order valence-electron chi connectivity index (χ1n) is 13.5. The Balaban J connectivity index is 1.43. The predicted octanol–water partition coefficient (Wildman–Crippen LogP) is 5.58. The zero-order chi connectivity index (χ0) is 29.6. The van der Waals surface area contributed by atoms with E-state index < -0.39 is 36.1 Å². The summed E-state index contributed by atoms with van der Waals surface area (Å²) < 4.78 is 10.3. The normalized spacial score (nSPS) is 12.9. The second kappa shape index (κ2) is 12.4. The van der Waals surface area contributed by atoms with Gasteiger partial charge in [-0.1, -0.05) is 78.6 Å². The van der Waals surface area contributed by atoms with Gasteiger partial charge in [0.1, 0.15) is 6.04 Å². The largest absolute Gasteiger partial charge is 0.467 e. The molecule has 42 heavy (non-hydrogen) atoms. The Bertz CT molecular complexity index is 1630. The van der Waals surface area contributed by atoms with E-state index in [1.165, 1.54) is 19.1 Å². The Morgan fingerprint density at radius 2 is 1.24 bits per heavy atom. The number of nitrogens with zero attached hydrogens (tertiary/aromatic N) is 1. The molecule has 7 heteroatoms. The predicted molar refractivity (Wildman–Crippen MR) is 160 cm³/mol. The van der Waals surface area contributed by atoms with E-state index in [-0.39, 0.29) is 0 Å². The monoisotopic (exact) mass is 558 g/mol. The number of amides is 2. The van der Waals surface area contributed by atoms with Gasteiger partial charge in [-0.3, -0.25) is 9.69 Å². The van der Waals surface area contributed by atoms with Crippen molar-refractivity contribution in [1.29, 1.82) is 0 Å². The van der Waals surface area contributed by atoms with E-state index in [1.54, 1.807) is 31.2 Å². The van der Waals surface area contributed by atoms with E-state index in [9.17, 15) is 14.4 Å². The molecule has 0 spiro atoms. The van der Waals surface area contributed by atoms with Crippen LogP contribution in [0.15, 0.2) is 103 Å². The van der Waals surface area contributed by atoms with Crippen LogP contribution in [0, 0.1) is 11.8 Å². The third-order valence-electron chi connectivity index (χ3n) is 7.40. The van der Waals surface area contributed by atoms with E-state index in [0.717, 1.165) is 33.4 Å². The summed E-state index contributed by atoms with van der Waals surface area (Å²) in [6.45, 7) is 1.70. The molecule has 4 aromatic carbocycles. The van der Waals surface area contributed by atoms with Gasteiger partial charge < -0.3 is 14.8 Å². The van der Waals surface area contributed by atoms with E-state index in [2.05, 4.69) is 17.2 Å². The van der Waals surface area contributed by atoms with Crippen LogP contribution < -0.4 is 5.32 Å². The minimum absolute atomic E-state index is 0.336. The molecule has 0 unspecified atom stereocenters. The molecule has 0 aliphatic heterocycles. The third kappa shape index (κ3) is 5.61. The van der Waals surface area contributed by atoms with E-state index in [1.807, 2.05) is 78.9 Å². The summed E-state index contributed by atoms with van der Waals surface area (Å²) in [6.07, 6.45) is -0.636. The van der Waals surface area contributed by atoms with Gasteiger partial charge in [0, 0.05) is 16.7 Å². The summed E-state index contributed by atoms with van der Waals surface area (Å²) in [4.78, 5) is 41.3. The fourth-order valence-corrected chi connectivity index (χ4v) is 5.30. The van der Waals surface area contributed by atoms with Gasteiger partial charge in [0.25, 0.3) is 5.91 Å². The summed E-state index contributed by atoms with van der Waals surface area (Å²) in [5.41, 5.74) is 5.75. The maximum atomic E-state index is 13.4. The molecule has 2 amide bonds. The summed E-state index contributed by atoms with van der Waals surface area (Å²) in [7, 11) is 2.54. The van der Waals surface area contributed by atoms with Gasteiger partial charge >= 0.3 is 12.1 Å². The fraction of sp³-hybridized carbons (Fsp3) is 0.171. The number of methoxy groups -OCH3 is 2. The van der Waals surface area contributed by atoms with Gasteiger partial charge in [-0.25, -0.2) is 9.59 Å². The second-order valence-corrected chi connectivity index (χ2v) is 9.86. The van der Waals surface area contributed by atoms with E-state index in [4.69, 9.17) is 9.47 Å². The lowest BCUT2D eigenvalue weighted by Gasteiger charge is -2.37. The van der Waals surface area contributed by atoms with Crippen molar-refractivity contribution in [1.82, 2.24) is 10.2 Å². The Hall–Kier alpha value is -5.35. The minimum atomic E-state index is -1.18. The van der Waals surface area contributed by atoms with E-state index in [0.29, 0.717) is 5.56 Å². The SMILES string of the molecule is COC(=O)[C@@H](NC(=O)c1ccc(C#Cc2ccccc2)cc1)[C@H](C)N(C(=O)OC)C1c2ccccc2-c2ccccc21. The van der Waals surface area contributed by atoms with Crippen molar-refractivity contribution >= 4 is 18.0 Å². The molecule has 1 aliphatic rings. The summed E-state index contributed by atoms with van der Waals surface area (Å²) in [5, 5.41) is 2.79. The molecule has 1 N–H and O–H groups in total. The molecule has 0 bridgehead atoms. The first-order valence-corrected chi connectivity index (χ1v) is 13.5. The van der Waals surface area contributed by atoms with Crippen LogP contribution in [-0.4, -0.2) is 49.2 Å². The number of esters is 1. The molecule has 2 atom stereocenters. The number of carbonyl (C=O) groups excluding carboxylic acids is 3. The smallest absolute Gasteiger partial charge is 0.410 e. The fourth-order valence-electron chi connectivity index (χ4n) is 5.30. The molecule has 0 saturated carbocycles. The summed E-state index contributed by atoms with van der Waals surface area (Å²) in [5.74, 6) is 4.99. The minimum Gasteiger partial charge on any atom is -0.467 e. The van der Waals surface area contributed by atoms with Crippen molar-refractivity contribution in [3.63, 3.8) is 0 Å². The van der Waals surface area contributed by atoms with Crippen LogP contribution in [0.5, 0.6) is 0 Å². The highest BCUT2D eigenvalue weighted by Crippen LogP contribution is 2.47. The van der Waals surface area contributed by atoms with Crippen molar-refractivity contribution < 1.29 is 23.9 Å². The van der Waals surface area contributed by atoms with Crippen LogP contribution in [0.25, 0.3) is 11.1 Å². The van der Waals surface area contributed by atoms with Gasteiger partial charge in [0.05, 0.1) is 26.3 Å². The number of fused-ring (bicyclic) bond motifs is 3. The number of carbonyl (C=O) groups is 3. The summed E-state index contributed by atoms with van der Waals surface area (Å²) >= 11 is 0. The van der Waals surface area contributed by atoms with Crippen LogP contribution in [0.4, 0.5) is 4.79 Å². The lowest BCUT2D eigenvalue weighted by molar-refractivity contribution is -0.144. The zero-order valence-electron chi connectivity index (χ0n) is 23.5. The number of nitrogens with one attached hydrogen (secondary N) is 1. The zero-order valence-corrected chi connectivity index (χ0v) is 23.5. The molecule has 7 nitrogen and oxygen atoms in total. The molecule has 1 aliphatic carbocycles. The van der Waals surface area contributed by atoms with E-state index >= 15 is 0 Å². The number of benzene rings is 4. The lowest BCUT2D eigenvalue weighted by atomic mass is 9.99. The second-order valence-electron chi connectivity index (χ2n) is 9.86. The van der Waals surface area contributed by atoms with Gasteiger partial charge in [-0.15, -0.1) is 0 Å². The molecule has 0 fully saturated rings. The van der Waals surface area contributed by atoms with Crippen molar-refractivity contribution in [2.24, 2.45) is 0 Å². The molecule has 4 aromatic rings. The Kier molecular flexibility index (Phi) is 8.35. The first-order chi connectivity index (χ1) is 20.4. The van der Waals surface area contributed by atoms with Crippen molar-refractivity contribution in [3.05, 3.63) is 131 Å². The average molecular weight is 559 g/mol. The average Bonchev–Trinajstić information content (AvgIpc) is 3.37. The van der Waals surface area contributed by atoms with Gasteiger partial charge in [0.15, 0.2) is 0 Å². The van der Waals surface area contributed by atoms with Crippen LogP contribution in [0.3, 0.4) is 0 Å². The Morgan fingerprint density at radius 1 is 0.714 bits per heavy atom. The maximum absolute atomic E-state index is 13.4. The quantitative estimate of drug-likeness (QED) is 0.247. The third-order valence-corrected chi connectivity index (χ3v) is 7.40. The molecule has 0 radical (unpaired) electrons. The first kappa shape index (κ1) is 28.2. The standard InChI is InChI=1S/C35H30N2O5/c1-23(37(35(40)42-3)32-29-15-9-7-13-27(29)28-14-8-10-16-30(28)32)31(34(39)41-2)36-33(38)26-21-19-25(20-22-26)18-17-24-11-5-4-6-12-24/h4-16,19-23,31-32H,1-3H3,(H,36,38)/t23-,31-/m0/s1. The van der Waals surface area contributed by atoms with Crippen molar-refractivity contribution in [3.8, 4) is 23.0 Å². The Morgan fingerprint density at radius 3 is 1.79 bits per heavy atom. The highest BCUT2D eigenvalue weighted by molar-refractivity contribution is 5.97. The van der Waals surface area contributed by atoms with Crippen molar-refractivity contribution in [2.45, 2.75) is 25.0 Å². The molecule has 0 heterocycles. The summed E-state index contributed by atoms with van der Waals surface area (Å²) in [6, 6.07) is 29.4. The molecule has 5 rings (SSSR count). The number of hydrogen-bond donors (Lipinski definition) is 1. The van der Waals surface area contributed by atoms with Crippen LogP contribution in [0.1, 0.15) is 45.6 Å². The highest BCUT2D eigenvalue weighted by atomic mass is 16.5. The molecular weight excluding hydrogens is 528 g/mol. The topological polar surface area (TPSA) is 84.9 Å². The highest BCUT2D eigenvalue weighted by Gasteiger charge is 2.43. The number of rotatable bonds is 6. The van der Waals surface area contributed by atoms with Gasteiger partial charge in [-0.2, -0.15) is 0 Å².